The van der Waals surface area contributed by atoms with Gasteiger partial charge in [-0.25, -0.2) is 4.98 Å². The van der Waals surface area contributed by atoms with Gasteiger partial charge < -0.3 is 4.98 Å². The van der Waals surface area contributed by atoms with Crippen LogP contribution in [0.5, 0.6) is 0 Å². The SMILES string of the molecule is O=C(Nc1nc2ccccc2[nH]1)c1cc(-c2ccccc2)n[nH]1. The number of imidazole rings is 1. The lowest BCUT2D eigenvalue weighted by atomic mass is 10.1. The summed E-state index contributed by atoms with van der Waals surface area (Å²) in [6, 6.07) is 19.0. The lowest BCUT2D eigenvalue weighted by Crippen LogP contribution is -2.13. The number of amides is 1. The number of H-pyrrole nitrogens is 2. The van der Waals surface area contributed by atoms with Crippen molar-refractivity contribution in [3.05, 3.63) is 66.4 Å². The number of anilines is 1. The second-order valence-electron chi connectivity index (χ2n) is 5.09. The van der Waals surface area contributed by atoms with E-state index in [-0.39, 0.29) is 5.91 Å². The molecule has 6 nitrogen and oxygen atoms in total. The monoisotopic (exact) mass is 303 g/mol. The van der Waals surface area contributed by atoms with Crippen LogP contribution < -0.4 is 5.32 Å². The van der Waals surface area contributed by atoms with Crippen molar-refractivity contribution in [1.82, 2.24) is 20.2 Å². The summed E-state index contributed by atoms with van der Waals surface area (Å²) in [4.78, 5) is 19.7. The molecule has 112 valence electrons. The topological polar surface area (TPSA) is 86.5 Å². The quantitative estimate of drug-likeness (QED) is 0.543. The van der Waals surface area contributed by atoms with Crippen LogP contribution >= 0.6 is 0 Å². The number of carbonyl (C=O) groups is 1. The molecular formula is C17H13N5O. The van der Waals surface area contributed by atoms with Crippen LogP contribution in [0, 0.1) is 0 Å². The summed E-state index contributed by atoms with van der Waals surface area (Å²) in [7, 11) is 0. The Morgan fingerprint density at radius 2 is 1.78 bits per heavy atom. The Labute approximate surface area is 131 Å². The van der Waals surface area contributed by atoms with E-state index < -0.39 is 0 Å². The fourth-order valence-electron chi connectivity index (χ4n) is 2.38. The number of nitrogens with one attached hydrogen (secondary N) is 3. The van der Waals surface area contributed by atoms with Crippen LogP contribution in [-0.2, 0) is 0 Å². The molecule has 0 aliphatic rings. The maximum atomic E-state index is 12.3. The van der Waals surface area contributed by atoms with Crippen LogP contribution in [0.2, 0.25) is 0 Å². The van der Waals surface area contributed by atoms with Crippen molar-refractivity contribution < 1.29 is 4.79 Å². The third-order valence-electron chi connectivity index (χ3n) is 3.51. The molecule has 0 aliphatic carbocycles. The molecule has 4 rings (SSSR count). The number of aromatic nitrogens is 4. The summed E-state index contributed by atoms with van der Waals surface area (Å²) in [6.07, 6.45) is 0. The van der Waals surface area contributed by atoms with Gasteiger partial charge in [-0.3, -0.25) is 15.2 Å². The number of fused-ring (bicyclic) bond motifs is 1. The molecule has 1 amide bonds. The van der Waals surface area contributed by atoms with Crippen LogP contribution in [0.25, 0.3) is 22.3 Å². The Kier molecular flexibility index (Phi) is 3.12. The second kappa shape index (κ2) is 5.42. The summed E-state index contributed by atoms with van der Waals surface area (Å²) >= 11 is 0. The van der Waals surface area contributed by atoms with E-state index in [0.717, 1.165) is 22.3 Å². The molecule has 0 spiro atoms. The van der Waals surface area contributed by atoms with Gasteiger partial charge in [0.2, 0.25) is 5.95 Å². The number of nitrogens with zero attached hydrogens (tertiary/aromatic N) is 2. The van der Waals surface area contributed by atoms with Crippen molar-refractivity contribution in [2.75, 3.05) is 5.32 Å². The highest BCUT2D eigenvalue weighted by Gasteiger charge is 2.13. The maximum Gasteiger partial charge on any atom is 0.275 e. The van der Waals surface area contributed by atoms with E-state index in [1.807, 2.05) is 54.6 Å². The van der Waals surface area contributed by atoms with E-state index in [2.05, 4.69) is 25.5 Å². The Morgan fingerprint density at radius 1 is 1.00 bits per heavy atom. The fourth-order valence-corrected chi connectivity index (χ4v) is 2.38. The number of hydrogen-bond acceptors (Lipinski definition) is 3. The van der Waals surface area contributed by atoms with Gasteiger partial charge in [0.25, 0.3) is 5.91 Å². The molecule has 2 aromatic carbocycles. The van der Waals surface area contributed by atoms with E-state index in [4.69, 9.17) is 0 Å². The third kappa shape index (κ3) is 2.57. The predicted octanol–water partition coefficient (Wildman–Crippen LogP) is 3.21. The smallest absolute Gasteiger partial charge is 0.275 e. The Bertz CT molecular complexity index is 938. The summed E-state index contributed by atoms with van der Waals surface area (Å²) in [6.45, 7) is 0. The van der Waals surface area contributed by atoms with Crippen LogP contribution in [0.15, 0.2) is 60.7 Å². The van der Waals surface area contributed by atoms with Gasteiger partial charge in [-0.2, -0.15) is 5.10 Å². The number of para-hydroxylation sites is 2. The summed E-state index contributed by atoms with van der Waals surface area (Å²) in [5, 5.41) is 9.67. The Hall–Kier alpha value is -3.41. The predicted molar refractivity (Wildman–Crippen MR) is 88.1 cm³/mol. The molecule has 23 heavy (non-hydrogen) atoms. The molecule has 0 fully saturated rings. The van der Waals surface area contributed by atoms with Crippen molar-refractivity contribution in [1.29, 1.82) is 0 Å². The number of benzene rings is 2. The summed E-state index contributed by atoms with van der Waals surface area (Å²) in [5.74, 6) is 0.116. The van der Waals surface area contributed by atoms with Crippen molar-refractivity contribution in [3.63, 3.8) is 0 Å². The van der Waals surface area contributed by atoms with Crippen LogP contribution in [-0.4, -0.2) is 26.1 Å². The highest BCUT2D eigenvalue weighted by atomic mass is 16.2. The van der Waals surface area contributed by atoms with Gasteiger partial charge in [-0.1, -0.05) is 42.5 Å². The summed E-state index contributed by atoms with van der Waals surface area (Å²) in [5.41, 5.74) is 3.73. The van der Waals surface area contributed by atoms with E-state index in [1.54, 1.807) is 6.07 Å². The molecule has 4 aromatic rings. The van der Waals surface area contributed by atoms with E-state index in [1.165, 1.54) is 0 Å². The van der Waals surface area contributed by atoms with Gasteiger partial charge in [-0.05, 0) is 18.2 Å². The van der Waals surface area contributed by atoms with Crippen molar-refractivity contribution >= 4 is 22.9 Å². The van der Waals surface area contributed by atoms with Crippen molar-refractivity contribution in [2.24, 2.45) is 0 Å². The lowest BCUT2D eigenvalue weighted by molar-refractivity contribution is 0.102. The van der Waals surface area contributed by atoms with E-state index in [0.29, 0.717) is 11.6 Å². The number of aromatic amines is 2. The normalized spacial score (nSPS) is 10.8. The van der Waals surface area contributed by atoms with Gasteiger partial charge in [0, 0.05) is 5.56 Å². The fraction of sp³-hybridized carbons (Fsp3) is 0. The van der Waals surface area contributed by atoms with Gasteiger partial charge >= 0.3 is 0 Å². The average Bonchev–Trinajstić information content (AvgIpc) is 3.22. The molecule has 0 saturated heterocycles. The maximum absolute atomic E-state index is 12.3. The van der Waals surface area contributed by atoms with Gasteiger partial charge in [0.1, 0.15) is 5.69 Å². The molecule has 0 atom stereocenters. The largest absolute Gasteiger partial charge is 0.324 e. The molecule has 0 bridgehead atoms. The number of rotatable bonds is 3. The molecule has 3 N–H and O–H groups in total. The first-order valence-electron chi connectivity index (χ1n) is 7.16. The van der Waals surface area contributed by atoms with E-state index in [9.17, 15) is 4.79 Å². The van der Waals surface area contributed by atoms with Gasteiger partial charge in [-0.15, -0.1) is 0 Å². The molecule has 0 unspecified atom stereocenters. The third-order valence-corrected chi connectivity index (χ3v) is 3.51. The minimum absolute atomic E-state index is 0.293. The van der Waals surface area contributed by atoms with Crippen LogP contribution in [0.1, 0.15) is 10.5 Å². The van der Waals surface area contributed by atoms with Crippen molar-refractivity contribution in [3.8, 4) is 11.3 Å². The molecule has 0 saturated carbocycles. The zero-order chi connectivity index (χ0) is 15.6. The molecule has 6 heteroatoms. The minimum Gasteiger partial charge on any atom is -0.324 e. The minimum atomic E-state index is -0.293. The van der Waals surface area contributed by atoms with Crippen LogP contribution in [0.3, 0.4) is 0 Å². The number of carbonyl (C=O) groups excluding carboxylic acids is 1. The van der Waals surface area contributed by atoms with Crippen LogP contribution in [0.4, 0.5) is 5.95 Å². The first-order chi connectivity index (χ1) is 11.3. The van der Waals surface area contributed by atoms with Gasteiger partial charge in [0.15, 0.2) is 0 Å². The average molecular weight is 303 g/mol. The van der Waals surface area contributed by atoms with Gasteiger partial charge in [0.05, 0.1) is 16.7 Å². The first kappa shape index (κ1) is 13.3. The molecular weight excluding hydrogens is 290 g/mol. The highest BCUT2D eigenvalue weighted by Crippen LogP contribution is 2.18. The standard InChI is InChI=1S/C17H13N5O/c23-16(20-17-18-12-8-4-5-9-13(12)19-17)15-10-14(21-22-15)11-6-2-1-3-7-11/h1-10H,(H,21,22)(H2,18,19,20,23). The second-order valence-corrected chi connectivity index (χ2v) is 5.09. The Balaban J connectivity index is 1.56. The molecule has 0 radical (unpaired) electrons. The highest BCUT2D eigenvalue weighted by molar-refractivity contribution is 6.03. The molecule has 2 aromatic heterocycles. The lowest BCUT2D eigenvalue weighted by Gasteiger charge is -1.97. The zero-order valence-electron chi connectivity index (χ0n) is 12.1. The van der Waals surface area contributed by atoms with E-state index >= 15 is 0 Å². The Morgan fingerprint density at radius 3 is 2.61 bits per heavy atom. The molecule has 2 heterocycles. The summed E-state index contributed by atoms with van der Waals surface area (Å²) < 4.78 is 0. The molecule has 0 aliphatic heterocycles. The van der Waals surface area contributed by atoms with Crippen molar-refractivity contribution in [2.45, 2.75) is 0 Å². The zero-order valence-corrected chi connectivity index (χ0v) is 12.1. The number of hydrogen-bond donors (Lipinski definition) is 3. The first-order valence-corrected chi connectivity index (χ1v) is 7.16.